The molecule has 0 saturated carbocycles. The van der Waals surface area contributed by atoms with Gasteiger partial charge in [0.1, 0.15) is 12.1 Å². The van der Waals surface area contributed by atoms with Crippen molar-refractivity contribution in [2.45, 2.75) is 26.1 Å². The van der Waals surface area contributed by atoms with Crippen LogP contribution < -0.4 is 4.90 Å². The Morgan fingerprint density at radius 2 is 1.88 bits per heavy atom. The van der Waals surface area contributed by atoms with Crippen molar-refractivity contribution < 1.29 is 4.74 Å². The highest BCUT2D eigenvalue weighted by atomic mass is 35.5. The topological polar surface area (TPSA) is 56.1 Å². The van der Waals surface area contributed by atoms with E-state index >= 15 is 0 Å². The molecule has 0 spiro atoms. The molecular formula is C17H18ClN5O. The Labute approximate surface area is 145 Å². The van der Waals surface area contributed by atoms with E-state index in [2.05, 4.69) is 33.8 Å². The van der Waals surface area contributed by atoms with Crippen molar-refractivity contribution in [1.82, 2.24) is 19.7 Å². The van der Waals surface area contributed by atoms with Crippen LogP contribution in [0.3, 0.4) is 0 Å². The molecule has 0 amide bonds. The number of aromatic nitrogens is 4. The van der Waals surface area contributed by atoms with Crippen LogP contribution in [0.1, 0.15) is 13.8 Å². The van der Waals surface area contributed by atoms with Gasteiger partial charge in [0.2, 0.25) is 0 Å². The largest absolute Gasteiger partial charge is 0.372 e. The molecule has 1 saturated heterocycles. The zero-order chi connectivity index (χ0) is 16.7. The number of benzene rings is 1. The highest BCUT2D eigenvalue weighted by molar-refractivity contribution is 6.32. The lowest BCUT2D eigenvalue weighted by atomic mass is 10.2. The van der Waals surface area contributed by atoms with Gasteiger partial charge in [-0.05, 0) is 26.0 Å². The molecule has 124 valence electrons. The molecule has 0 aliphatic carbocycles. The molecular weight excluding hydrogens is 326 g/mol. The van der Waals surface area contributed by atoms with Crippen LogP contribution in [0.15, 0.2) is 36.8 Å². The summed E-state index contributed by atoms with van der Waals surface area (Å²) in [5.74, 6) is 0.889. The molecule has 0 bridgehead atoms. The van der Waals surface area contributed by atoms with Gasteiger partial charge in [-0.3, -0.25) is 0 Å². The number of hydrogen-bond donors (Lipinski definition) is 0. The van der Waals surface area contributed by atoms with Gasteiger partial charge in [-0.2, -0.15) is 5.10 Å². The third kappa shape index (κ3) is 2.61. The third-order valence-corrected chi connectivity index (χ3v) is 4.46. The molecule has 24 heavy (non-hydrogen) atoms. The minimum atomic E-state index is 0.164. The average molecular weight is 344 g/mol. The van der Waals surface area contributed by atoms with Gasteiger partial charge in [0.25, 0.3) is 0 Å². The number of morpholine rings is 1. The molecule has 2 aromatic heterocycles. The van der Waals surface area contributed by atoms with E-state index in [0.717, 1.165) is 35.6 Å². The van der Waals surface area contributed by atoms with Crippen molar-refractivity contribution in [2.24, 2.45) is 0 Å². The lowest BCUT2D eigenvalue weighted by molar-refractivity contribution is -0.00537. The van der Waals surface area contributed by atoms with Crippen molar-refractivity contribution >= 4 is 28.5 Å². The van der Waals surface area contributed by atoms with Gasteiger partial charge in [-0.25, -0.2) is 14.6 Å². The Bertz CT molecular complexity index is 870. The van der Waals surface area contributed by atoms with Crippen LogP contribution in [-0.2, 0) is 4.74 Å². The summed E-state index contributed by atoms with van der Waals surface area (Å²) in [5.41, 5.74) is 1.56. The molecule has 1 aliphatic heterocycles. The molecule has 3 aromatic rings. The monoisotopic (exact) mass is 343 g/mol. The second kappa shape index (κ2) is 6.03. The van der Waals surface area contributed by atoms with Gasteiger partial charge >= 0.3 is 0 Å². The van der Waals surface area contributed by atoms with Crippen LogP contribution in [0.5, 0.6) is 0 Å². The van der Waals surface area contributed by atoms with E-state index in [1.165, 1.54) is 0 Å². The van der Waals surface area contributed by atoms with Gasteiger partial charge in [-0.15, -0.1) is 0 Å². The van der Waals surface area contributed by atoms with Crippen molar-refractivity contribution in [2.75, 3.05) is 18.0 Å². The molecule has 1 fully saturated rings. The van der Waals surface area contributed by atoms with E-state index in [1.807, 2.05) is 24.3 Å². The summed E-state index contributed by atoms with van der Waals surface area (Å²) in [5, 5.41) is 6.04. The maximum atomic E-state index is 6.31. The van der Waals surface area contributed by atoms with Gasteiger partial charge in [0.15, 0.2) is 5.65 Å². The molecule has 0 radical (unpaired) electrons. The number of anilines is 1. The lowest BCUT2D eigenvalue weighted by Gasteiger charge is -2.36. The number of fused-ring (bicyclic) bond motifs is 1. The first-order chi connectivity index (χ1) is 11.6. The average Bonchev–Trinajstić information content (AvgIpc) is 2.98. The highest BCUT2D eigenvalue weighted by Crippen LogP contribution is 2.28. The van der Waals surface area contributed by atoms with Gasteiger partial charge in [-0.1, -0.05) is 23.7 Å². The smallest absolute Gasteiger partial charge is 0.168 e. The minimum Gasteiger partial charge on any atom is -0.372 e. The van der Waals surface area contributed by atoms with E-state index in [4.69, 9.17) is 16.3 Å². The molecule has 2 atom stereocenters. The molecule has 1 aliphatic rings. The van der Waals surface area contributed by atoms with Crippen LogP contribution in [0.25, 0.3) is 16.7 Å². The van der Waals surface area contributed by atoms with E-state index in [9.17, 15) is 0 Å². The predicted octanol–water partition coefficient (Wildman–Crippen LogP) is 3.08. The van der Waals surface area contributed by atoms with Crippen LogP contribution in [0, 0.1) is 0 Å². The summed E-state index contributed by atoms with van der Waals surface area (Å²) in [6.07, 6.45) is 3.71. The number of hydrogen-bond acceptors (Lipinski definition) is 5. The number of ether oxygens (including phenoxy) is 1. The maximum Gasteiger partial charge on any atom is 0.168 e. The molecule has 0 unspecified atom stereocenters. The summed E-state index contributed by atoms with van der Waals surface area (Å²) >= 11 is 6.31. The SMILES string of the molecule is C[C@@H]1CN(c2ncnc3c2cnn3-c2ccccc2Cl)C[C@H](C)O1. The lowest BCUT2D eigenvalue weighted by Crippen LogP contribution is -2.45. The Morgan fingerprint density at radius 1 is 1.12 bits per heavy atom. The molecule has 4 rings (SSSR count). The molecule has 0 N–H and O–H groups in total. The Hall–Kier alpha value is -2.18. The minimum absolute atomic E-state index is 0.164. The number of halogens is 1. The van der Waals surface area contributed by atoms with Crippen molar-refractivity contribution in [3.8, 4) is 5.69 Å². The van der Waals surface area contributed by atoms with E-state index in [-0.39, 0.29) is 12.2 Å². The fourth-order valence-corrected chi connectivity index (χ4v) is 3.45. The fraction of sp³-hybridized carbons (Fsp3) is 0.353. The summed E-state index contributed by atoms with van der Waals surface area (Å²) in [6, 6.07) is 7.60. The second-order valence-electron chi connectivity index (χ2n) is 6.10. The first kappa shape index (κ1) is 15.4. The molecule has 1 aromatic carbocycles. The van der Waals surface area contributed by atoms with Gasteiger partial charge in [0.05, 0.1) is 34.5 Å². The first-order valence-electron chi connectivity index (χ1n) is 7.97. The van der Waals surface area contributed by atoms with Crippen LogP contribution in [-0.4, -0.2) is 45.0 Å². The molecule has 3 heterocycles. The zero-order valence-corrected chi connectivity index (χ0v) is 14.3. The van der Waals surface area contributed by atoms with Crippen LogP contribution >= 0.6 is 11.6 Å². The highest BCUT2D eigenvalue weighted by Gasteiger charge is 2.25. The maximum absolute atomic E-state index is 6.31. The zero-order valence-electron chi connectivity index (χ0n) is 13.6. The second-order valence-corrected chi connectivity index (χ2v) is 6.51. The first-order valence-corrected chi connectivity index (χ1v) is 8.35. The Morgan fingerprint density at radius 3 is 2.62 bits per heavy atom. The van der Waals surface area contributed by atoms with Crippen LogP contribution in [0.4, 0.5) is 5.82 Å². The summed E-state index contributed by atoms with van der Waals surface area (Å²) in [7, 11) is 0. The van der Waals surface area contributed by atoms with Gasteiger partial charge in [0, 0.05) is 13.1 Å². The summed E-state index contributed by atoms with van der Waals surface area (Å²) in [6.45, 7) is 5.75. The van der Waals surface area contributed by atoms with Crippen molar-refractivity contribution in [3.63, 3.8) is 0 Å². The van der Waals surface area contributed by atoms with Gasteiger partial charge < -0.3 is 9.64 Å². The van der Waals surface area contributed by atoms with E-state index in [0.29, 0.717) is 5.02 Å². The normalized spacial score (nSPS) is 21.4. The predicted molar refractivity (Wildman–Crippen MR) is 93.9 cm³/mol. The number of para-hydroxylation sites is 1. The fourth-order valence-electron chi connectivity index (χ4n) is 3.23. The Balaban J connectivity index is 1.81. The van der Waals surface area contributed by atoms with E-state index in [1.54, 1.807) is 17.2 Å². The Kier molecular flexibility index (Phi) is 3.86. The molecule has 7 heteroatoms. The standard InChI is InChI=1S/C17H18ClN5O/c1-11-8-22(9-12(2)24-11)16-13-7-21-23(17(13)20-10-19-16)15-6-4-3-5-14(15)18/h3-7,10-12H,8-9H2,1-2H3/t11-,12+. The number of rotatable bonds is 2. The number of nitrogens with zero attached hydrogens (tertiary/aromatic N) is 5. The van der Waals surface area contributed by atoms with Crippen molar-refractivity contribution in [1.29, 1.82) is 0 Å². The summed E-state index contributed by atoms with van der Waals surface area (Å²) in [4.78, 5) is 11.2. The third-order valence-electron chi connectivity index (χ3n) is 4.14. The quantitative estimate of drug-likeness (QED) is 0.715. The van der Waals surface area contributed by atoms with Crippen molar-refractivity contribution in [3.05, 3.63) is 41.8 Å². The van der Waals surface area contributed by atoms with Crippen LogP contribution in [0.2, 0.25) is 5.02 Å². The van der Waals surface area contributed by atoms with E-state index < -0.39 is 0 Å². The summed E-state index contributed by atoms with van der Waals surface area (Å²) < 4.78 is 7.58. The molecule has 6 nitrogen and oxygen atoms in total.